The van der Waals surface area contributed by atoms with Crippen LogP contribution in [0.25, 0.3) is 0 Å². The number of aromatic nitrogens is 2. The van der Waals surface area contributed by atoms with Crippen molar-refractivity contribution in [1.82, 2.24) is 15.0 Å². The van der Waals surface area contributed by atoms with E-state index < -0.39 is 0 Å². The quantitative estimate of drug-likeness (QED) is 0.802. The molecule has 0 radical (unpaired) electrons. The lowest BCUT2D eigenvalue weighted by Gasteiger charge is -2.28. The van der Waals surface area contributed by atoms with Gasteiger partial charge in [0.1, 0.15) is 0 Å². The van der Waals surface area contributed by atoms with Crippen LogP contribution in [0.2, 0.25) is 0 Å². The van der Waals surface area contributed by atoms with Gasteiger partial charge in [0.2, 0.25) is 5.89 Å². The van der Waals surface area contributed by atoms with E-state index in [1.807, 2.05) is 13.8 Å². The fraction of sp³-hybridized carbons (Fsp3) is 0.529. The summed E-state index contributed by atoms with van der Waals surface area (Å²) in [7, 11) is 0. The zero-order valence-electron chi connectivity index (χ0n) is 14.7. The van der Waals surface area contributed by atoms with Crippen molar-refractivity contribution < 1.29 is 14.0 Å². The first-order chi connectivity index (χ1) is 11.7. The molecule has 7 nitrogen and oxygen atoms in total. The molecule has 3 rings (SSSR count). The van der Waals surface area contributed by atoms with Gasteiger partial charge in [-0.25, -0.2) is 0 Å². The van der Waals surface area contributed by atoms with Gasteiger partial charge in [-0.3, -0.25) is 4.90 Å². The Hall–Kier alpha value is -1.83. The minimum Gasteiger partial charge on any atom is -0.490 e. The van der Waals surface area contributed by atoms with Gasteiger partial charge in [0.05, 0.1) is 26.3 Å². The molecule has 0 amide bonds. The predicted molar refractivity (Wildman–Crippen MR) is 96.0 cm³/mol. The zero-order valence-corrected chi connectivity index (χ0v) is 15.5. The van der Waals surface area contributed by atoms with Gasteiger partial charge < -0.3 is 19.7 Å². The second-order valence-corrected chi connectivity index (χ2v) is 5.70. The maximum Gasteiger partial charge on any atom is 0.240 e. The molecule has 0 atom stereocenters. The molecule has 1 aliphatic heterocycles. The van der Waals surface area contributed by atoms with Crippen LogP contribution in [0.15, 0.2) is 16.7 Å². The van der Waals surface area contributed by atoms with Crippen LogP contribution in [0.4, 0.5) is 0 Å². The lowest BCUT2D eigenvalue weighted by molar-refractivity contribution is 0.232. The molecule has 0 saturated carbocycles. The van der Waals surface area contributed by atoms with Crippen molar-refractivity contribution in [2.45, 2.75) is 39.9 Å². The van der Waals surface area contributed by atoms with Crippen LogP contribution in [-0.4, -0.2) is 34.8 Å². The van der Waals surface area contributed by atoms with Crippen LogP contribution in [0, 0.1) is 0 Å². The minimum atomic E-state index is 0. The number of hydrogen-bond acceptors (Lipinski definition) is 7. The molecule has 0 aliphatic carbocycles. The first-order valence-electron chi connectivity index (χ1n) is 8.38. The van der Waals surface area contributed by atoms with Crippen molar-refractivity contribution in [3.8, 4) is 11.5 Å². The van der Waals surface area contributed by atoms with Crippen LogP contribution < -0.4 is 15.2 Å². The largest absolute Gasteiger partial charge is 0.490 e. The van der Waals surface area contributed by atoms with Gasteiger partial charge >= 0.3 is 0 Å². The van der Waals surface area contributed by atoms with E-state index in [4.69, 9.17) is 19.7 Å². The Kier molecular flexibility index (Phi) is 7.04. The number of benzene rings is 1. The molecular formula is C17H25ClN4O3. The molecule has 1 aromatic heterocycles. The molecule has 2 aromatic rings. The van der Waals surface area contributed by atoms with Crippen LogP contribution in [-0.2, 0) is 26.1 Å². The smallest absolute Gasteiger partial charge is 0.240 e. The molecule has 138 valence electrons. The Balaban J connectivity index is 0.00000225. The normalized spacial score (nSPS) is 13.9. The van der Waals surface area contributed by atoms with Gasteiger partial charge in [-0.2, -0.15) is 4.98 Å². The summed E-state index contributed by atoms with van der Waals surface area (Å²) in [5.41, 5.74) is 8.08. The van der Waals surface area contributed by atoms with Gasteiger partial charge in [0.15, 0.2) is 17.3 Å². The summed E-state index contributed by atoms with van der Waals surface area (Å²) in [5, 5.41) is 3.97. The van der Waals surface area contributed by atoms with E-state index in [2.05, 4.69) is 27.2 Å². The molecule has 1 aliphatic rings. The maximum atomic E-state index is 5.73. The lowest BCUT2D eigenvalue weighted by Crippen LogP contribution is -2.30. The third-order valence-corrected chi connectivity index (χ3v) is 4.01. The number of fused-ring (bicyclic) bond motifs is 1. The second-order valence-electron chi connectivity index (χ2n) is 5.70. The van der Waals surface area contributed by atoms with E-state index in [1.165, 1.54) is 11.1 Å². The Morgan fingerprint density at radius 1 is 1.16 bits per heavy atom. The summed E-state index contributed by atoms with van der Waals surface area (Å²) >= 11 is 0. The fourth-order valence-electron chi connectivity index (χ4n) is 2.93. The Bertz CT molecular complexity index is 693. The molecule has 0 saturated heterocycles. The van der Waals surface area contributed by atoms with E-state index in [-0.39, 0.29) is 19.0 Å². The van der Waals surface area contributed by atoms with Crippen molar-refractivity contribution in [1.29, 1.82) is 0 Å². The number of rotatable bonds is 7. The predicted octanol–water partition coefficient (Wildman–Crippen LogP) is 2.31. The summed E-state index contributed by atoms with van der Waals surface area (Å²) in [6, 6.07) is 4.21. The summed E-state index contributed by atoms with van der Waals surface area (Å²) < 4.78 is 16.5. The molecular weight excluding hydrogens is 344 g/mol. The monoisotopic (exact) mass is 368 g/mol. The fourth-order valence-corrected chi connectivity index (χ4v) is 2.93. The SMILES string of the molecule is CCOc1cc2c(cc1OCC)CN(Cc1noc(CN)n1)CC2.Cl. The highest BCUT2D eigenvalue weighted by Crippen LogP contribution is 2.34. The zero-order chi connectivity index (χ0) is 16.9. The molecule has 0 spiro atoms. The summed E-state index contributed by atoms with van der Waals surface area (Å²) in [6.45, 7) is 7.91. The topological polar surface area (TPSA) is 86.6 Å². The highest BCUT2D eigenvalue weighted by molar-refractivity contribution is 5.85. The Morgan fingerprint density at radius 2 is 1.84 bits per heavy atom. The number of halogens is 1. The molecule has 0 bridgehead atoms. The number of hydrogen-bond donors (Lipinski definition) is 1. The van der Waals surface area contributed by atoms with E-state index in [9.17, 15) is 0 Å². The van der Waals surface area contributed by atoms with Crippen molar-refractivity contribution in [3.05, 3.63) is 35.0 Å². The number of nitrogens with zero attached hydrogens (tertiary/aromatic N) is 3. The standard InChI is InChI=1S/C17H24N4O3.ClH/c1-3-22-14-7-12-5-6-21(10-13(12)8-15(14)23-4-2)11-16-19-17(9-18)24-20-16;/h7-8H,3-6,9-11,18H2,1-2H3;1H. The molecule has 2 heterocycles. The van der Waals surface area contributed by atoms with Crippen LogP contribution in [0.3, 0.4) is 0 Å². The molecule has 8 heteroatoms. The van der Waals surface area contributed by atoms with Crippen LogP contribution in [0.1, 0.15) is 36.7 Å². The second kappa shape index (κ2) is 9.03. The van der Waals surface area contributed by atoms with E-state index >= 15 is 0 Å². The van der Waals surface area contributed by atoms with Crippen molar-refractivity contribution >= 4 is 12.4 Å². The Morgan fingerprint density at radius 3 is 2.44 bits per heavy atom. The Labute approximate surface area is 153 Å². The van der Waals surface area contributed by atoms with Gasteiger partial charge in [0, 0.05) is 13.1 Å². The van der Waals surface area contributed by atoms with Crippen molar-refractivity contribution in [2.75, 3.05) is 19.8 Å². The third kappa shape index (κ3) is 4.62. The average molecular weight is 369 g/mol. The summed E-state index contributed by atoms with van der Waals surface area (Å²) in [4.78, 5) is 6.57. The number of ether oxygens (including phenoxy) is 2. The molecule has 0 fully saturated rings. The van der Waals surface area contributed by atoms with Gasteiger partial charge in [-0.1, -0.05) is 5.16 Å². The minimum absolute atomic E-state index is 0. The molecule has 2 N–H and O–H groups in total. The molecule has 1 aromatic carbocycles. The highest BCUT2D eigenvalue weighted by Gasteiger charge is 2.21. The summed E-state index contributed by atoms with van der Waals surface area (Å²) in [5.74, 6) is 2.79. The lowest BCUT2D eigenvalue weighted by atomic mass is 9.99. The molecule has 0 unspecified atom stereocenters. The first kappa shape index (κ1) is 19.5. The molecule has 25 heavy (non-hydrogen) atoms. The van der Waals surface area contributed by atoms with Gasteiger partial charge in [-0.05, 0) is 43.5 Å². The first-order valence-corrected chi connectivity index (χ1v) is 8.38. The van der Waals surface area contributed by atoms with E-state index in [0.717, 1.165) is 31.0 Å². The van der Waals surface area contributed by atoms with Crippen molar-refractivity contribution in [3.63, 3.8) is 0 Å². The van der Waals surface area contributed by atoms with Gasteiger partial charge in [0.25, 0.3) is 0 Å². The van der Waals surface area contributed by atoms with Crippen molar-refractivity contribution in [2.24, 2.45) is 5.73 Å². The maximum absolute atomic E-state index is 5.73. The van der Waals surface area contributed by atoms with E-state index in [0.29, 0.717) is 31.5 Å². The summed E-state index contributed by atoms with van der Waals surface area (Å²) in [6.07, 6.45) is 0.962. The number of nitrogens with two attached hydrogens (primary N) is 1. The van der Waals surface area contributed by atoms with Crippen LogP contribution >= 0.6 is 12.4 Å². The highest BCUT2D eigenvalue weighted by atomic mass is 35.5. The van der Waals surface area contributed by atoms with Gasteiger partial charge in [-0.15, -0.1) is 12.4 Å². The third-order valence-electron chi connectivity index (χ3n) is 4.01. The van der Waals surface area contributed by atoms with Crippen LogP contribution in [0.5, 0.6) is 11.5 Å². The van der Waals surface area contributed by atoms with E-state index in [1.54, 1.807) is 0 Å². The average Bonchev–Trinajstić information content (AvgIpc) is 3.03.